The Morgan fingerprint density at radius 3 is 1.80 bits per heavy atom. The Kier molecular flexibility index (Phi) is 6.16. The Labute approximate surface area is 266 Å². The molecule has 5 aromatic carbocycles. The predicted molar refractivity (Wildman–Crippen MR) is 184 cm³/mol. The summed E-state index contributed by atoms with van der Waals surface area (Å²) in [5.41, 5.74) is 8.52. The summed E-state index contributed by atoms with van der Waals surface area (Å²) >= 11 is 0. The molecule has 1 aliphatic heterocycles. The molecule has 6 nitrogen and oxygen atoms in total. The first kappa shape index (κ1) is 26.3. The summed E-state index contributed by atoms with van der Waals surface area (Å²) < 4.78 is 2.03. The maximum atomic E-state index is 5.00. The highest BCUT2D eigenvalue weighted by molar-refractivity contribution is 5.99. The van der Waals surface area contributed by atoms with E-state index in [4.69, 9.17) is 20.1 Å². The Morgan fingerprint density at radius 2 is 1.11 bits per heavy atom. The third-order valence-electron chi connectivity index (χ3n) is 8.84. The first-order chi connectivity index (χ1) is 22.8. The van der Waals surface area contributed by atoms with E-state index < -0.39 is 0 Å². The number of hydrogen-bond acceptors (Lipinski definition) is 5. The largest absolute Gasteiger partial charge is 0.333 e. The second-order valence-corrected chi connectivity index (χ2v) is 11.6. The SMILES string of the molecule is C1=CC2c3ccc4c(cnn4-c4ccccc4)c3N(c3cccc(-c4nc(-c5ccccc5)nc(-c5ccccc5)n4)c3)C2C=C1. The van der Waals surface area contributed by atoms with Gasteiger partial charge in [-0.1, -0.05) is 121 Å². The van der Waals surface area contributed by atoms with Gasteiger partial charge in [0.2, 0.25) is 0 Å². The minimum atomic E-state index is 0.138. The van der Waals surface area contributed by atoms with Crippen LogP contribution >= 0.6 is 0 Å². The van der Waals surface area contributed by atoms with E-state index in [0.29, 0.717) is 17.5 Å². The van der Waals surface area contributed by atoms with Gasteiger partial charge in [-0.2, -0.15) is 5.10 Å². The lowest BCUT2D eigenvalue weighted by Gasteiger charge is -2.29. The third kappa shape index (κ3) is 4.34. The molecule has 46 heavy (non-hydrogen) atoms. The zero-order valence-corrected chi connectivity index (χ0v) is 24.8. The molecule has 218 valence electrons. The van der Waals surface area contributed by atoms with Crippen LogP contribution in [0.4, 0.5) is 11.4 Å². The molecule has 7 aromatic rings. The van der Waals surface area contributed by atoms with Gasteiger partial charge in [0, 0.05) is 33.7 Å². The quantitative estimate of drug-likeness (QED) is 0.200. The van der Waals surface area contributed by atoms with E-state index >= 15 is 0 Å². The van der Waals surface area contributed by atoms with Crippen molar-refractivity contribution in [1.82, 2.24) is 24.7 Å². The number of aromatic nitrogens is 5. The molecule has 6 heteroatoms. The molecule has 2 aliphatic rings. The standard InChI is InChI=1S/C40H28N6/c1-4-13-27(14-5-1)38-42-39(28-15-6-2-7-16-28)44-40(43-38)29-17-12-20-31(25-29)45-35-22-11-10-21-32(35)33-23-24-36-34(37(33)45)26-41-46(36)30-18-8-3-9-19-30/h1-26,32,35H. The fourth-order valence-electron chi connectivity index (χ4n) is 6.73. The highest BCUT2D eigenvalue weighted by Gasteiger charge is 2.39. The maximum absolute atomic E-state index is 5.00. The highest BCUT2D eigenvalue weighted by atomic mass is 15.3. The van der Waals surface area contributed by atoms with E-state index in [9.17, 15) is 0 Å². The minimum absolute atomic E-state index is 0.138. The van der Waals surface area contributed by atoms with Crippen LogP contribution in [0.5, 0.6) is 0 Å². The molecule has 2 atom stereocenters. The molecule has 2 unspecified atom stereocenters. The number of anilines is 2. The van der Waals surface area contributed by atoms with Crippen LogP contribution in [0, 0.1) is 0 Å². The number of nitrogens with zero attached hydrogens (tertiary/aromatic N) is 6. The number of rotatable bonds is 5. The van der Waals surface area contributed by atoms with Crippen molar-refractivity contribution in [3.05, 3.63) is 163 Å². The van der Waals surface area contributed by atoms with Crippen molar-refractivity contribution >= 4 is 22.3 Å². The Bertz CT molecular complexity index is 2210. The van der Waals surface area contributed by atoms with E-state index in [1.54, 1.807) is 0 Å². The number of allylic oxidation sites excluding steroid dienone is 2. The molecule has 0 amide bonds. The summed E-state index contributed by atoms with van der Waals surface area (Å²) in [4.78, 5) is 17.3. The van der Waals surface area contributed by atoms with Gasteiger partial charge in [0.05, 0.1) is 29.1 Å². The molecule has 0 N–H and O–H groups in total. The van der Waals surface area contributed by atoms with Gasteiger partial charge in [-0.05, 0) is 35.9 Å². The van der Waals surface area contributed by atoms with Gasteiger partial charge >= 0.3 is 0 Å². The monoisotopic (exact) mass is 592 g/mol. The topological polar surface area (TPSA) is 59.7 Å². The number of para-hydroxylation sites is 1. The number of fused-ring (bicyclic) bond motifs is 5. The zero-order chi connectivity index (χ0) is 30.5. The molecule has 9 rings (SSSR count). The summed E-state index contributed by atoms with van der Waals surface area (Å²) in [7, 11) is 0. The van der Waals surface area contributed by atoms with Gasteiger partial charge in [0.1, 0.15) is 0 Å². The van der Waals surface area contributed by atoms with E-state index in [1.807, 2.05) is 89.7 Å². The average Bonchev–Trinajstić information content (AvgIpc) is 3.72. The van der Waals surface area contributed by atoms with Gasteiger partial charge in [0.25, 0.3) is 0 Å². The molecule has 0 spiro atoms. The molecule has 2 aromatic heterocycles. The second-order valence-electron chi connectivity index (χ2n) is 11.6. The van der Waals surface area contributed by atoms with Crippen molar-refractivity contribution in [2.24, 2.45) is 0 Å². The van der Waals surface area contributed by atoms with E-state index in [-0.39, 0.29) is 12.0 Å². The van der Waals surface area contributed by atoms with Gasteiger partial charge in [-0.25, -0.2) is 19.6 Å². The van der Waals surface area contributed by atoms with Gasteiger partial charge in [-0.15, -0.1) is 0 Å². The average molecular weight is 593 g/mol. The van der Waals surface area contributed by atoms with E-state index in [0.717, 1.165) is 39.0 Å². The van der Waals surface area contributed by atoms with Crippen molar-refractivity contribution in [1.29, 1.82) is 0 Å². The molecule has 1 aliphatic carbocycles. The normalized spacial score (nSPS) is 16.5. The van der Waals surface area contributed by atoms with Crippen molar-refractivity contribution in [2.75, 3.05) is 4.90 Å². The van der Waals surface area contributed by atoms with Crippen LogP contribution in [0.15, 0.2) is 158 Å². The van der Waals surface area contributed by atoms with Gasteiger partial charge in [-0.3, -0.25) is 0 Å². The second kappa shape index (κ2) is 10.8. The molecule has 0 saturated heterocycles. The number of benzene rings is 5. The lowest BCUT2D eigenvalue weighted by molar-refractivity contribution is 0.745. The molecule has 0 bridgehead atoms. The maximum Gasteiger partial charge on any atom is 0.164 e. The smallest absolute Gasteiger partial charge is 0.164 e. The highest BCUT2D eigenvalue weighted by Crippen LogP contribution is 2.51. The Morgan fingerprint density at radius 1 is 0.522 bits per heavy atom. The third-order valence-corrected chi connectivity index (χ3v) is 8.84. The van der Waals surface area contributed by atoms with Crippen LogP contribution in [0.25, 0.3) is 50.8 Å². The van der Waals surface area contributed by atoms with Crippen LogP contribution in [-0.2, 0) is 0 Å². The van der Waals surface area contributed by atoms with Crippen LogP contribution in [0.2, 0.25) is 0 Å². The molecule has 0 saturated carbocycles. The van der Waals surface area contributed by atoms with Crippen molar-refractivity contribution in [3.8, 4) is 39.9 Å². The lowest BCUT2D eigenvalue weighted by Crippen LogP contribution is -2.28. The Hall–Kier alpha value is -6.14. The van der Waals surface area contributed by atoms with E-state index in [2.05, 4.69) is 77.7 Å². The first-order valence-corrected chi connectivity index (χ1v) is 15.5. The molecular formula is C40H28N6. The predicted octanol–water partition coefficient (Wildman–Crippen LogP) is 8.94. The lowest BCUT2D eigenvalue weighted by atomic mass is 9.91. The van der Waals surface area contributed by atoms with Gasteiger partial charge in [0.15, 0.2) is 17.5 Å². The first-order valence-electron chi connectivity index (χ1n) is 15.5. The number of hydrogen-bond donors (Lipinski definition) is 0. The van der Waals surface area contributed by atoms with Crippen LogP contribution in [0.1, 0.15) is 11.5 Å². The van der Waals surface area contributed by atoms with Crippen molar-refractivity contribution in [3.63, 3.8) is 0 Å². The summed E-state index contributed by atoms with van der Waals surface area (Å²) in [6.45, 7) is 0. The van der Waals surface area contributed by atoms with Crippen molar-refractivity contribution in [2.45, 2.75) is 12.0 Å². The van der Waals surface area contributed by atoms with E-state index in [1.165, 1.54) is 11.3 Å². The summed E-state index contributed by atoms with van der Waals surface area (Å²) in [5.74, 6) is 2.17. The van der Waals surface area contributed by atoms with Crippen LogP contribution in [-0.4, -0.2) is 30.8 Å². The molecular weight excluding hydrogens is 564 g/mol. The summed E-state index contributed by atoms with van der Waals surface area (Å²) in [5, 5.41) is 5.98. The van der Waals surface area contributed by atoms with Gasteiger partial charge < -0.3 is 4.90 Å². The molecule has 0 radical (unpaired) electrons. The summed E-state index contributed by atoms with van der Waals surface area (Å²) in [6, 6.07) is 43.7. The fourth-order valence-corrected chi connectivity index (χ4v) is 6.73. The van der Waals surface area contributed by atoms with Crippen LogP contribution in [0.3, 0.4) is 0 Å². The van der Waals surface area contributed by atoms with Crippen LogP contribution < -0.4 is 4.90 Å². The Balaban J connectivity index is 1.20. The molecule has 3 heterocycles. The summed E-state index contributed by atoms with van der Waals surface area (Å²) in [6.07, 6.45) is 10.9. The zero-order valence-electron chi connectivity index (χ0n) is 24.8. The fraction of sp³-hybridized carbons (Fsp3) is 0.0500. The molecule has 0 fully saturated rings. The van der Waals surface area contributed by atoms with Crippen molar-refractivity contribution < 1.29 is 0 Å². The minimum Gasteiger partial charge on any atom is -0.333 e.